The van der Waals surface area contributed by atoms with Crippen molar-refractivity contribution in [3.05, 3.63) is 17.5 Å². The Hall–Kier alpha value is -1.08. The number of hydrogen-bond acceptors (Lipinski definition) is 4. The minimum atomic E-state index is -4.64. The molecule has 1 aromatic heterocycles. The number of aliphatic hydroxyl groups is 1. The van der Waals surface area contributed by atoms with Gasteiger partial charge in [-0.25, -0.2) is 9.97 Å². The number of anilines is 1. The van der Waals surface area contributed by atoms with Crippen LogP contribution in [-0.4, -0.2) is 39.9 Å². The van der Waals surface area contributed by atoms with Gasteiger partial charge in [0.05, 0.1) is 6.54 Å². The van der Waals surface area contributed by atoms with Crippen molar-refractivity contribution in [2.24, 2.45) is 0 Å². The summed E-state index contributed by atoms with van der Waals surface area (Å²) in [7, 11) is 0. The molecule has 1 fully saturated rings. The van der Waals surface area contributed by atoms with Crippen molar-refractivity contribution in [2.45, 2.75) is 18.2 Å². The fraction of sp³-hybridized carbons (Fsp3) is 0.556. The first-order valence-electron chi connectivity index (χ1n) is 4.83. The molecule has 8 heteroatoms. The van der Waals surface area contributed by atoms with Crippen molar-refractivity contribution in [2.75, 3.05) is 18.0 Å². The third-order valence-corrected chi connectivity index (χ3v) is 2.93. The summed E-state index contributed by atoms with van der Waals surface area (Å²) in [5, 5.41) is 9.64. The molecule has 0 spiro atoms. The van der Waals surface area contributed by atoms with Gasteiger partial charge in [0, 0.05) is 19.0 Å². The van der Waals surface area contributed by atoms with Gasteiger partial charge in [-0.05, 0) is 0 Å². The summed E-state index contributed by atoms with van der Waals surface area (Å²) < 4.78 is 37.7. The number of alkyl halides is 3. The minimum absolute atomic E-state index is 0.0728. The smallest absolute Gasteiger partial charge is 0.379 e. The molecule has 1 aromatic rings. The van der Waals surface area contributed by atoms with E-state index >= 15 is 0 Å². The summed E-state index contributed by atoms with van der Waals surface area (Å²) in [6, 6.07) is 1.36. The van der Waals surface area contributed by atoms with Crippen LogP contribution in [0.1, 0.15) is 6.42 Å². The number of nitrogens with zero attached hydrogens (tertiary/aromatic N) is 3. The SMILES string of the molecule is O[C@]1(C(F)(F)F)CCN(c2cc(Cl)ncn2)C1. The Bertz CT molecular complexity index is 428. The molecule has 94 valence electrons. The number of halogens is 4. The summed E-state index contributed by atoms with van der Waals surface area (Å²) in [6.07, 6.45) is -3.85. The summed E-state index contributed by atoms with van der Waals surface area (Å²) in [6.45, 7) is -0.465. The molecule has 0 bridgehead atoms. The molecular formula is C9H9ClF3N3O. The number of aromatic nitrogens is 2. The molecule has 0 aliphatic carbocycles. The van der Waals surface area contributed by atoms with Gasteiger partial charge in [-0.1, -0.05) is 11.6 Å². The lowest BCUT2D eigenvalue weighted by Crippen LogP contribution is -2.47. The van der Waals surface area contributed by atoms with Crippen LogP contribution in [0.3, 0.4) is 0 Å². The van der Waals surface area contributed by atoms with Crippen molar-refractivity contribution >= 4 is 17.4 Å². The monoisotopic (exact) mass is 267 g/mol. The molecule has 0 aromatic carbocycles. The second-order valence-corrected chi connectivity index (χ2v) is 4.29. The van der Waals surface area contributed by atoms with Crippen LogP contribution in [0.5, 0.6) is 0 Å². The van der Waals surface area contributed by atoms with Crippen LogP contribution in [0.2, 0.25) is 5.15 Å². The zero-order valence-electron chi connectivity index (χ0n) is 8.58. The second kappa shape index (κ2) is 3.99. The van der Waals surface area contributed by atoms with Gasteiger partial charge in [-0.2, -0.15) is 13.2 Å². The van der Waals surface area contributed by atoms with E-state index in [1.54, 1.807) is 0 Å². The van der Waals surface area contributed by atoms with Gasteiger partial charge in [0.15, 0.2) is 5.60 Å². The first-order valence-corrected chi connectivity index (χ1v) is 5.21. The van der Waals surface area contributed by atoms with Crippen molar-refractivity contribution in [1.82, 2.24) is 9.97 Å². The Morgan fingerprint density at radius 2 is 2.12 bits per heavy atom. The van der Waals surface area contributed by atoms with Crippen LogP contribution in [0.25, 0.3) is 0 Å². The van der Waals surface area contributed by atoms with E-state index < -0.39 is 18.3 Å². The molecule has 4 nitrogen and oxygen atoms in total. The van der Waals surface area contributed by atoms with Crippen molar-refractivity contribution in [3.8, 4) is 0 Å². The largest absolute Gasteiger partial charge is 0.418 e. The highest BCUT2D eigenvalue weighted by Crippen LogP contribution is 2.38. The highest BCUT2D eigenvalue weighted by molar-refractivity contribution is 6.29. The van der Waals surface area contributed by atoms with Crippen LogP contribution in [0, 0.1) is 0 Å². The van der Waals surface area contributed by atoms with Gasteiger partial charge >= 0.3 is 6.18 Å². The Balaban J connectivity index is 2.18. The lowest BCUT2D eigenvalue weighted by Gasteiger charge is -2.26. The van der Waals surface area contributed by atoms with E-state index in [1.807, 2.05) is 0 Å². The van der Waals surface area contributed by atoms with Gasteiger partial charge in [0.2, 0.25) is 0 Å². The Kier molecular flexibility index (Phi) is 2.90. The predicted octanol–water partition coefficient (Wildman–Crippen LogP) is 1.63. The maximum absolute atomic E-state index is 12.6. The third kappa shape index (κ3) is 2.30. The lowest BCUT2D eigenvalue weighted by atomic mass is 10.0. The molecule has 0 amide bonds. The van der Waals surface area contributed by atoms with Gasteiger partial charge in [0.1, 0.15) is 17.3 Å². The molecule has 2 rings (SSSR count). The van der Waals surface area contributed by atoms with Crippen LogP contribution in [0.15, 0.2) is 12.4 Å². The van der Waals surface area contributed by atoms with E-state index in [0.717, 1.165) is 0 Å². The Labute approximate surface area is 100 Å². The molecule has 1 aliphatic rings. The van der Waals surface area contributed by atoms with Crippen LogP contribution in [0.4, 0.5) is 19.0 Å². The molecule has 0 radical (unpaired) electrons. The zero-order chi connectivity index (χ0) is 12.7. The maximum Gasteiger partial charge on any atom is 0.418 e. The standard InChI is InChI=1S/C9H9ClF3N3O/c10-6-3-7(15-5-14-6)16-2-1-8(17,4-16)9(11,12)13/h3,5,17H,1-2,4H2/t8-/m1/s1. The molecule has 17 heavy (non-hydrogen) atoms. The summed E-state index contributed by atoms with van der Waals surface area (Å²) in [5.74, 6) is 0.283. The highest BCUT2D eigenvalue weighted by Gasteiger charge is 2.57. The number of β-amino-alcohol motifs (C(OH)–C–C–N with tert-alkyl or cyclic N) is 1. The average molecular weight is 268 g/mol. The zero-order valence-corrected chi connectivity index (χ0v) is 9.33. The normalized spacial score (nSPS) is 25.4. The molecule has 2 heterocycles. The lowest BCUT2D eigenvalue weighted by molar-refractivity contribution is -0.250. The van der Waals surface area contributed by atoms with Gasteiger partial charge in [0.25, 0.3) is 0 Å². The van der Waals surface area contributed by atoms with E-state index in [4.69, 9.17) is 11.6 Å². The number of hydrogen-bond donors (Lipinski definition) is 1. The summed E-state index contributed by atoms with van der Waals surface area (Å²) in [4.78, 5) is 8.79. The van der Waals surface area contributed by atoms with E-state index in [-0.39, 0.29) is 23.9 Å². The van der Waals surface area contributed by atoms with Crippen LogP contribution in [-0.2, 0) is 0 Å². The quantitative estimate of drug-likeness (QED) is 0.786. The third-order valence-electron chi connectivity index (χ3n) is 2.72. The molecular weight excluding hydrogens is 259 g/mol. The topological polar surface area (TPSA) is 49.2 Å². The van der Waals surface area contributed by atoms with Crippen molar-refractivity contribution in [1.29, 1.82) is 0 Å². The average Bonchev–Trinajstić information content (AvgIpc) is 2.61. The van der Waals surface area contributed by atoms with Crippen LogP contribution >= 0.6 is 11.6 Å². The van der Waals surface area contributed by atoms with Gasteiger partial charge in [-0.3, -0.25) is 0 Å². The first-order chi connectivity index (χ1) is 7.82. The Morgan fingerprint density at radius 3 is 2.65 bits per heavy atom. The highest BCUT2D eigenvalue weighted by atomic mass is 35.5. The molecule has 1 saturated heterocycles. The fourth-order valence-corrected chi connectivity index (χ4v) is 1.86. The second-order valence-electron chi connectivity index (χ2n) is 3.90. The summed E-state index contributed by atoms with van der Waals surface area (Å²) in [5.41, 5.74) is -2.68. The molecule has 1 atom stereocenters. The fourth-order valence-electron chi connectivity index (χ4n) is 1.72. The first kappa shape index (κ1) is 12.4. The van der Waals surface area contributed by atoms with E-state index in [1.165, 1.54) is 17.3 Å². The molecule has 0 saturated carbocycles. The molecule has 0 unspecified atom stereocenters. The van der Waals surface area contributed by atoms with E-state index in [0.29, 0.717) is 0 Å². The van der Waals surface area contributed by atoms with Crippen LogP contribution < -0.4 is 4.90 Å². The van der Waals surface area contributed by atoms with Crippen molar-refractivity contribution in [3.63, 3.8) is 0 Å². The summed E-state index contributed by atoms with van der Waals surface area (Å²) >= 11 is 5.62. The van der Waals surface area contributed by atoms with Gasteiger partial charge in [-0.15, -0.1) is 0 Å². The van der Waals surface area contributed by atoms with Gasteiger partial charge < -0.3 is 10.0 Å². The predicted molar refractivity (Wildman–Crippen MR) is 54.9 cm³/mol. The minimum Gasteiger partial charge on any atom is -0.379 e. The van der Waals surface area contributed by atoms with E-state index in [2.05, 4.69) is 9.97 Å². The molecule has 1 aliphatic heterocycles. The molecule has 1 N–H and O–H groups in total. The van der Waals surface area contributed by atoms with E-state index in [9.17, 15) is 18.3 Å². The number of rotatable bonds is 1. The van der Waals surface area contributed by atoms with Crippen molar-refractivity contribution < 1.29 is 18.3 Å². The Morgan fingerprint density at radius 1 is 1.41 bits per heavy atom. The maximum atomic E-state index is 12.6.